The summed E-state index contributed by atoms with van der Waals surface area (Å²) in [6.07, 6.45) is 7.26. The highest BCUT2D eigenvalue weighted by molar-refractivity contribution is 5.86. The standard InChI is InChI=1S/C16H28N2O3/c1-12(2)11-18(13-7-3-4-8-13)15(21)17-16(14(19)20)9-5-6-10-16/h12-13H,3-11H2,1-2H3,(H,17,21)(H,19,20). The van der Waals surface area contributed by atoms with Crippen molar-refractivity contribution in [1.82, 2.24) is 10.2 Å². The number of hydrogen-bond donors (Lipinski definition) is 2. The van der Waals surface area contributed by atoms with E-state index in [0.29, 0.717) is 25.3 Å². The first kappa shape index (κ1) is 16.1. The van der Waals surface area contributed by atoms with Gasteiger partial charge in [-0.25, -0.2) is 9.59 Å². The number of rotatable bonds is 5. The highest BCUT2D eigenvalue weighted by atomic mass is 16.4. The quantitative estimate of drug-likeness (QED) is 0.819. The fraction of sp³-hybridized carbons (Fsp3) is 0.875. The second kappa shape index (κ2) is 6.67. The van der Waals surface area contributed by atoms with Crippen LogP contribution in [0.4, 0.5) is 4.79 Å². The van der Waals surface area contributed by atoms with Gasteiger partial charge in [0.15, 0.2) is 0 Å². The minimum Gasteiger partial charge on any atom is -0.480 e. The summed E-state index contributed by atoms with van der Waals surface area (Å²) < 4.78 is 0. The first-order valence-corrected chi connectivity index (χ1v) is 8.27. The van der Waals surface area contributed by atoms with Gasteiger partial charge in [-0.05, 0) is 31.6 Å². The average molecular weight is 296 g/mol. The highest BCUT2D eigenvalue weighted by Gasteiger charge is 2.44. The lowest BCUT2D eigenvalue weighted by Crippen LogP contribution is -2.58. The van der Waals surface area contributed by atoms with Crippen molar-refractivity contribution in [3.05, 3.63) is 0 Å². The number of aliphatic carboxylic acids is 1. The minimum absolute atomic E-state index is 0.181. The Morgan fingerprint density at radius 3 is 2.24 bits per heavy atom. The van der Waals surface area contributed by atoms with E-state index in [2.05, 4.69) is 19.2 Å². The second-order valence-electron chi connectivity index (χ2n) is 7.01. The van der Waals surface area contributed by atoms with E-state index in [4.69, 9.17) is 0 Å². The molecule has 5 heteroatoms. The maximum Gasteiger partial charge on any atom is 0.329 e. The molecule has 2 rings (SSSR count). The molecule has 0 bridgehead atoms. The van der Waals surface area contributed by atoms with Crippen molar-refractivity contribution in [3.63, 3.8) is 0 Å². The van der Waals surface area contributed by atoms with Crippen LogP contribution in [-0.2, 0) is 4.79 Å². The number of carboxylic acid groups (broad SMARTS) is 1. The smallest absolute Gasteiger partial charge is 0.329 e. The molecule has 0 spiro atoms. The molecule has 5 nitrogen and oxygen atoms in total. The van der Waals surface area contributed by atoms with Crippen LogP contribution in [0.2, 0.25) is 0 Å². The Morgan fingerprint density at radius 1 is 1.19 bits per heavy atom. The van der Waals surface area contributed by atoms with Crippen molar-refractivity contribution in [3.8, 4) is 0 Å². The van der Waals surface area contributed by atoms with Crippen LogP contribution in [0.25, 0.3) is 0 Å². The van der Waals surface area contributed by atoms with Gasteiger partial charge in [-0.1, -0.05) is 39.5 Å². The van der Waals surface area contributed by atoms with Crippen LogP contribution in [0.5, 0.6) is 0 Å². The predicted octanol–water partition coefficient (Wildman–Crippen LogP) is 2.99. The molecule has 0 aromatic carbocycles. The van der Waals surface area contributed by atoms with E-state index in [1.807, 2.05) is 4.90 Å². The zero-order valence-electron chi connectivity index (χ0n) is 13.2. The molecule has 2 fully saturated rings. The summed E-state index contributed by atoms with van der Waals surface area (Å²) in [6.45, 7) is 4.89. The molecule has 0 aromatic rings. The maximum absolute atomic E-state index is 12.7. The second-order valence-corrected chi connectivity index (χ2v) is 7.01. The molecule has 0 unspecified atom stereocenters. The van der Waals surface area contributed by atoms with Gasteiger partial charge in [0.05, 0.1) is 0 Å². The van der Waals surface area contributed by atoms with Crippen molar-refractivity contribution in [2.75, 3.05) is 6.54 Å². The molecule has 0 aromatic heterocycles. The fourth-order valence-corrected chi connectivity index (χ4v) is 3.65. The van der Waals surface area contributed by atoms with Crippen molar-refractivity contribution in [2.45, 2.75) is 76.8 Å². The van der Waals surface area contributed by atoms with E-state index in [0.717, 1.165) is 38.5 Å². The van der Waals surface area contributed by atoms with Crippen molar-refractivity contribution in [2.24, 2.45) is 5.92 Å². The molecule has 0 aliphatic heterocycles. The fourth-order valence-electron chi connectivity index (χ4n) is 3.65. The Morgan fingerprint density at radius 2 is 1.76 bits per heavy atom. The van der Waals surface area contributed by atoms with Gasteiger partial charge in [0.2, 0.25) is 0 Å². The summed E-state index contributed by atoms with van der Waals surface area (Å²) in [7, 11) is 0. The number of urea groups is 1. The molecule has 2 aliphatic carbocycles. The topological polar surface area (TPSA) is 69.6 Å². The number of nitrogens with one attached hydrogen (secondary N) is 1. The Labute approximate surface area is 127 Å². The molecular formula is C16H28N2O3. The van der Waals surface area contributed by atoms with Gasteiger partial charge in [0, 0.05) is 12.6 Å². The van der Waals surface area contributed by atoms with E-state index < -0.39 is 11.5 Å². The Kier molecular flexibility index (Phi) is 5.12. The van der Waals surface area contributed by atoms with E-state index in [1.165, 1.54) is 0 Å². The highest BCUT2D eigenvalue weighted by Crippen LogP contribution is 2.31. The third kappa shape index (κ3) is 3.69. The van der Waals surface area contributed by atoms with Crippen LogP contribution < -0.4 is 5.32 Å². The number of nitrogens with zero attached hydrogens (tertiary/aromatic N) is 1. The van der Waals surface area contributed by atoms with E-state index >= 15 is 0 Å². The summed E-state index contributed by atoms with van der Waals surface area (Å²) in [5, 5.41) is 12.4. The Balaban J connectivity index is 2.08. The van der Waals surface area contributed by atoms with Gasteiger partial charge in [0.1, 0.15) is 5.54 Å². The van der Waals surface area contributed by atoms with Crippen LogP contribution >= 0.6 is 0 Å². The monoisotopic (exact) mass is 296 g/mol. The van der Waals surface area contributed by atoms with Crippen molar-refractivity contribution < 1.29 is 14.7 Å². The van der Waals surface area contributed by atoms with Gasteiger partial charge in [-0.2, -0.15) is 0 Å². The lowest BCUT2D eigenvalue weighted by Gasteiger charge is -2.34. The van der Waals surface area contributed by atoms with Crippen molar-refractivity contribution >= 4 is 12.0 Å². The molecule has 0 atom stereocenters. The van der Waals surface area contributed by atoms with Gasteiger partial charge >= 0.3 is 12.0 Å². The summed E-state index contributed by atoms with van der Waals surface area (Å²) in [5.41, 5.74) is -1.04. The zero-order chi connectivity index (χ0) is 15.5. The molecule has 0 radical (unpaired) electrons. The van der Waals surface area contributed by atoms with Gasteiger partial charge in [-0.15, -0.1) is 0 Å². The molecule has 2 N–H and O–H groups in total. The van der Waals surface area contributed by atoms with Crippen LogP contribution in [0.1, 0.15) is 65.2 Å². The molecule has 2 aliphatic rings. The SMILES string of the molecule is CC(C)CN(C(=O)NC1(C(=O)O)CCCC1)C1CCCC1. The first-order chi connectivity index (χ1) is 9.94. The number of carboxylic acids is 1. The molecule has 120 valence electrons. The summed E-state index contributed by atoms with van der Waals surface area (Å²) in [6, 6.07) is 0.0968. The van der Waals surface area contributed by atoms with E-state index in [1.54, 1.807) is 0 Å². The van der Waals surface area contributed by atoms with Gasteiger partial charge in [-0.3, -0.25) is 0 Å². The number of amides is 2. The largest absolute Gasteiger partial charge is 0.480 e. The third-order valence-corrected chi connectivity index (χ3v) is 4.80. The molecule has 0 saturated heterocycles. The molecule has 2 saturated carbocycles. The van der Waals surface area contributed by atoms with Crippen LogP contribution in [0.3, 0.4) is 0 Å². The molecule has 2 amide bonds. The zero-order valence-corrected chi connectivity index (χ0v) is 13.2. The van der Waals surface area contributed by atoms with Crippen molar-refractivity contribution in [1.29, 1.82) is 0 Å². The Bertz CT molecular complexity index is 383. The third-order valence-electron chi connectivity index (χ3n) is 4.80. The summed E-state index contributed by atoms with van der Waals surface area (Å²) >= 11 is 0. The number of carbonyl (C=O) groups is 2. The number of hydrogen-bond acceptors (Lipinski definition) is 2. The van der Waals surface area contributed by atoms with Crippen LogP contribution in [-0.4, -0.2) is 40.1 Å². The van der Waals surface area contributed by atoms with Crippen LogP contribution in [0, 0.1) is 5.92 Å². The van der Waals surface area contributed by atoms with E-state index in [-0.39, 0.29) is 12.1 Å². The predicted molar refractivity (Wildman–Crippen MR) is 81.2 cm³/mol. The van der Waals surface area contributed by atoms with Gasteiger partial charge < -0.3 is 15.3 Å². The first-order valence-electron chi connectivity index (χ1n) is 8.27. The molecule has 21 heavy (non-hydrogen) atoms. The molecule has 0 heterocycles. The lowest BCUT2D eigenvalue weighted by molar-refractivity contribution is -0.144. The summed E-state index contributed by atoms with van der Waals surface area (Å²) in [5.74, 6) is -0.495. The van der Waals surface area contributed by atoms with E-state index in [9.17, 15) is 14.7 Å². The normalized spacial score (nSPS) is 21.7. The lowest BCUT2D eigenvalue weighted by atomic mass is 9.98. The molecular weight excluding hydrogens is 268 g/mol. The summed E-state index contributed by atoms with van der Waals surface area (Å²) in [4.78, 5) is 26.2. The van der Waals surface area contributed by atoms with Crippen LogP contribution in [0.15, 0.2) is 0 Å². The minimum atomic E-state index is -1.04. The Hall–Kier alpha value is -1.26. The number of carbonyl (C=O) groups excluding carboxylic acids is 1. The van der Waals surface area contributed by atoms with Gasteiger partial charge in [0.25, 0.3) is 0 Å². The maximum atomic E-state index is 12.7. The average Bonchev–Trinajstić information content (AvgIpc) is 3.07.